The summed E-state index contributed by atoms with van der Waals surface area (Å²) in [6.07, 6.45) is 2.06. The smallest absolute Gasteiger partial charge is 0.309 e. The van der Waals surface area contributed by atoms with E-state index in [1.807, 2.05) is 18.2 Å². The Morgan fingerprint density at radius 1 is 1.00 bits per heavy atom. The average molecular weight is 420 g/mol. The summed E-state index contributed by atoms with van der Waals surface area (Å²) < 4.78 is 0. The molecule has 5 heteroatoms. The molecule has 0 aliphatic heterocycles. The van der Waals surface area contributed by atoms with E-state index in [0.29, 0.717) is 12.8 Å². The summed E-state index contributed by atoms with van der Waals surface area (Å²) >= 11 is 0. The third-order valence-electron chi connectivity index (χ3n) is 6.09. The first-order chi connectivity index (χ1) is 13.7. The number of carboxylic acids is 2. The van der Waals surface area contributed by atoms with Crippen LogP contribution in [0.5, 0.6) is 0 Å². The molecule has 0 bridgehead atoms. The highest BCUT2D eigenvalue weighted by Crippen LogP contribution is 2.39. The molecule has 0 fully saturated rings. The number of hydrogen-bond acceptors (Lipinski definition) is 3. The van der Waals surface area contributed by atoms with Crippen molar-refractivity contribution in [3.63, 3.8) is 0 Å². The van der Waals surface area contributed by atoms with Crippen LogP contribution in [0.4, 0.5) is 0 Å². The van der Waals surface area contributed by atoms with Gasteiger partial charge in [0.1, 0.15) is 0 Å². The van der Waals surface area contributed by atoms with Gasteiger partial charge in [0.15, 0.2) is 0 Å². The maximum Gasteiger partial charge on any atom is 0.309 e. The van der Waals surface area contributed by atoms with E-state index in [0.717, 1.165) is 26.1 Å². The second-order valence-corrected chi connectivity index (χ2v) is 10.8. The van der Waals surface area contributed by atoms with Crippen LogP contribution in [0.3, 0.4) is 0 Å². The first-order valence-corrected chi connectivity index (χ1v) is 10.9. The number of carbonyl (C=O) groups is 2. The molecule has 1 aromatic rings. The molecule has 1 rings (SSSR count). The highest BCUT2D eigenvalue weighted by atomic mass is 16.4. The summed E-state index contributed by atoms with van der Waals surface area (Å²) in [4.78, 5) is 25.5. The molecule has 0 aliphatic carbocycles. The average Bonchev–Trinajstić information content (AvgIpc) is 2.60. The van der Waals surface area contributed by atoms with Crippen LogP contribution in [-0.2, 0) is 16.1 Å². The minimum atomic E-state index is -0.795. The molecule has 2 atom stereocenters. The van der Waals surface area contributed by atoms with Crippen molar-refractivity contribution in [3.05, 3.63) is 35.9 Å². The summed E-state index contributed by atoms with van der Waals surface area (Å²) in [6, 6.07) is 10.3. The zero-order chi connectivity index (χ0) is 23.2. The molecule has 2 unspecified atom stereocenters. The van der Waals surface area contributed by atoms with Crippen LogP contribution < -0.4 is 0 Å². The topological polar surface area (TPSA) is 77.8 Å². The van der Waals surface area contributed by atoms with E-state index < -0.39 is 23.3 Å². The van der Waals surface area contributed by atoms with Crippen LogP contribution in [0.2, 0.25) is 0 Å². The molecule has 30 heavy (non-hydrogen) atoms. The first-order valence-electron chi connectivity index (χ1n) is 10.9. The Labute approximate surface area is 182 Å². The van der Waals surface area contributed by atoms with Crippen molar-refractivity contribution >= 4 is 11.9 Å². The maximum atomic E-state index is 11.7. The Morgan fingerprint density at radius 3 is 2.03 bits per heavy atom. The van der Waals surface area contributed by atoms with Crippen LogP contribution in [0, 0.1) is 22.2 Å². The third kappa shape index (κ3) is 8.47. The van der Waals surface area contributed by atoms with E-state index in [2.05, 4.69) is 44.7 Å². The van der Waals surface area contributed by atoms with Crippen LogP contribution in [0.1, 0.15) is 73.3 Å². The number of benzene rings is 1. The summed E-state index contributed by atoms with van der Waals surface area (Å²) in [6.45, 7) is 16.2. The maximum absolute atomic E-state index is 11.7. The second-order valence-electron chi connectivity index (χ2n) is 10.8. The van der Waals surface area contributed by atoms with Crippen molar-refractivity contribution in [1.29, 1.82) is 0 Å². The van der Waals surface area contributed by atoms with Crippen LogP contribution in [0.25, 0.3) is 0 Å². The van der Waals surface area contributed by atoms with Gasteiger partial charge < -0.3 is 10.2 Å². The number of aliphatic carboxylic acids is 2. The Morgan fingerprint density at radius 2 is 1.57 bits per heavy atom. The molecule has 0 aromatic heterocycles. The molecule has 0 heterocycles. The fraction of sp³-hybridized carbons (Fsp3) is 0.680. The summed E-state index contributed by atoms with van der Waals surface area (Å²) in [5.41, 5.74) is 0.0705. The van der Waals surface area contributed by atoms with Gasteiger partial charge in [-0.3, -0.25) is 14.5 Å². The van der Waals surface area contributed by atoms with Gasteiger partial charge in [0.05, 0.1) is 11.3 Å². The van der Waals surface area contributed by atoms with Crippen LogP contribution >= 0.6 is 0 Å². The highest BCUT2D eigenvalue weighted by molar-refractivity contribution is 5.73. The van der Waals surface area contributed by atoms with Gasteiger partial charge in [-0.2, -0.15) is 0 Å². The first kappa shape index (κ1) is 26.2. The lowest BCUT2D eigenvalue weighted by Gasteiger charge is -2.42. The van der Waals surface area contributed by atoms with Crippen molar-refractivity contribution < 1.29 is 19.8 Å². The zero-order valence-corrected chi connectivity index (χ0v) is 19.9. The lowest BCUT2D eigenvalue weighted by Crippen LogP contribution is -2.44. The van der Waals surface area contributed by atoms with Gasteiger partial charge in [-0.25, -0.2) is 0 Å². The molecule has 0 saturated carbocycles. The second kappa shape index (κ2) is 10.4. The van der Waals surface area contributed by atoms with Crippen LogP contribution in [0.15, 0.2) is 30.3 Å². The van der Waals surface area contributed by atoms with E-state index in [4.69, 9.17) is 0 Å². The molecule has 2 N–H and O–H groups in total. The monoisotopic (exact) mass is 419 g/mol. The number of hydrogen-bond donors (Lipinski definition) is 2. The highest BCUT2D eigenvalue weighted by Gasteiger charge is 2.38. The summed E-state index contributed by atoms with van der Waals surface area (Å²) in [7, 11) is 0. The zero-order valence-electron chi connectivity index (χ0n) is 19.9. The van der Waals surface area contributed by atoms with Gasteiger partial charge in [0.2, 0.25) is 0 Å². The number of carboxylic acid groups (broad SMARTS) is 2. The fourth-order valence-electron chi connectivity index (χ4n) is 4.57. The van der Waals surface area contributed by atoms with E-state index in [1.165, 1.54) is 5.56 Å². The Hall–Kier alpha value is -1.88. The predicted octanol–water partition coefficient (Wildman–Crippen LogP) is 5.54. The Balaban J connectivity index is 3.10. The van der Waals surface area contributed by atoms with E-state index in [9.17, 15) is 19.8 Å². The Bertz CT molecular complexity index is 698. The van der Waals surface area contributed by atoms with Gasteiger partial charge >= 0.3 is 11.9 Å². The summed E-state index contributed by atoms with van der Waals surface area (Å²) in [5.74, 6) is -1.94. The largest absolute Gasteiger partial charge is 0.481 e. The third-order valence-corrected chi connectivity index (χ3v) is 6.09. The molecule has 5 nitrogen and oxygen atoms in total. The molecule has 1 aromatic carbocycles. The fourth-order valence-corrected chi connectivity index (χ4v) is 4.57. The predicted molar refractivity (Wildman–Crippen MR) is 121 cm³/mol. The van der Waals surface area contributed by atoms with Crippen molar-refractivity contribution in [3.8, 4) is 0 Å². The lowest BCUT2D eigenvalue weighted by molar-refractivity contribution is -0.149. The molecule has 0 radical (unpaired) electrons. The normalized spacial score (nSPS) is 15.6. The van der Waals surface area contributed by atoms with Gasteiger partial charge in [-0.05, 0) is 49.5 Å². The molecule has 0 aliphatic rings. The van der Waals surface area contributed by atoms with Crippen molar-refractivity contribution in [2.75, 3.05) is 13.1 Å². The van der Waals surface area contributed by atoms with E-state index in [-0.39, 0.29) is 10.8 Å². The molecule has 170 valence electrons. The van der Waals surface area contributed by atoms with Crippen LogP contribution in [-0.4, -0.2) is 40.1 Å². The molecule has 0 spiro atoms. The van der Waals surface area contributed by atoms with Crippen molar-refractivity contribution in [1.82, 2.24) is 4.90 Å². The van der Waals surface area contributed by atoms with Crippen molar-refractivity contribution in [2.45, 2.75) is 74.3 Å². The number of rotatable bonds is 13. The number of nitrogens with zero attached hydrogens (tertiary/aromatic N) is 1. The van der Waals surface area contributed by atoms with E-state index >= 15 is 0 Å². The quantitative estimate of drug-likeness (QED) is 0.439. The SMILES string of the molecule is CCC(C)(CN(Cc1ccccc1)CC(C)(C)CC(C)C(=O)O)CC(C)(C)C(=O)O. The lowest BCUT2D eigenvalue weighted by atomic mass is 9.71. The Kier molecular flexibility index (Phi) is 9.09. The van der Waals surface area contributed by atoms with E-state index in [1.54, 1.807) is 20.8 Å². The molecular weight excluding hydrogens is 378 g/mol. The minimum Gasteiger partial charge on any atom is -0.481 e. The molecule has 0 amide bonds. The van der Waals surface area contributed by atoms with Gasteiger partial charge in [0, 0.05) is 19.6 Å². The minimum absolute atomic E-state index is 0.162. The van der Waals surface area contributed by atoms with Gasteiger partial charge in [-0.1, -0.05) is 65.0 Å². The van der Waals surface area contributed by atoms with Gasteiger partial charge in [-0.15, -0.1) is 0 Å². The van der Waals surface area contributed by atoms with Crippen molar-refractivity contribution in [2.24, 2.45) is 22.2 Å². The van der Waals surface area contributed by atoms with Gasteiger partial charge in [0.25, 0.3) is 0 Å². The standard InChI is InChI=1S/C25H41NO4/c1-8-25(7,16-24(5,6)22(29)30)18-26(15-20-12-10-9-11-13-20)17-23(3,4)14-19(2)21(27)28/h9-13,19H,8,14-18H2,1-7H3,(H,27,28)(H,29,30). The summed E-state index contributed by atoms with van der Waals surface area (Å²) in [5, 5.41) is 19.0. The molecule has 0 saturated heterocycles. The molecular formula is C25H41NO4.